The summed E-state index contributed by atoms with van der Waals surface area (Å²) in [6.45, 7) is 0. The van der Waals surface area contributed by atoms with Gasteiger partial charge in [-0.05, 0) is 42.5 Å². The summed E-state index contributed by atoms with van der Waals surface area (Å²) in [4.78, 5) is 12.2. The number of nitrogens with one attached hydrogen (secondary N) is 1. The monoisotopic (exact) mass is 322 g/mol. The van der Waals surface area contributed by atoms with Crippen LogP contribution in [0.3, 0.4) is 0 Å². The fourth-order valence-corrected chi connectivity index (χ4v) is 2.35. The Morgan fingerprint density at radius 1 is 1.09 bits per heavy atom. The van der Waals surface area contributed by atoms with Crippen molar-refractivity contribution in [2.24, 2.45) is 0 Å². The van der Waals surface area contributed by atoms with Gasteiger partial charge in [-0.2, -0.15) is 5.26 Å². The van der Waals surface area contributed by atoms with E-state index in [1.807, 2.05) is 24.3 Å². The van der Waals surface area contributed by atoms with E-state index in [1.54, 1.807) is 42.5 Å². The van der Waals surface area contributed by atoms with Crippen LogP contribution in [0.5, 0.6) is 0 Å². The number of hydrogen-bond donors (Lipinski definition) is 1. The molecule has 23 heavy (non-hydrogen) atoms. The summed E-state index contributed by atoms with van der Waals surface area (Å²) < 4.78 is 5.58. The van der Waals surface area contributed by atoms with Crippen LogP contribution in [0.4, 0.5) is 5.69 Å². The lowest BCUT2D eigenvalue weighted by Gasteiger charge is -2.03. The number of carbonyl (C=O) groups is 1. The second-order valence-electron chi connectivity index (χ2n) is 4.79. The molecule has 0 aliphatic carbocycles. The van der Waals surface area contributed by atoms with Crippen molar-refractivity contribution >= 4 is 23.2 Å². The normalized spacial score (nSPS) is 10.1. The van der Waals surface area contributed by atoms with E-state index >= 15 is 0 Å². The minimum absolute atomic E-state index is 0.169. The maximum Gasteiger partial charge on any atom is 0.291 e. The van der Waals surface area contributed by atoms with Gasteiger partial charge >= 0.3 is 0 Å². The minimum Gasteiger partial charge on any atom is -0.451 e. The Hall–Kier alpha value is -3.03. The number of nitrogens with zero attached hydrogens (tertiary/aromatic N) is 1. The van der Waals surface area contributed by atoms with Gasteiger partial charge < -0.3 is 9.73 Å². The van der Waals surface area contributed by atoms with Crippen LogP contribution in [-0.2, 0) is 0 Å². The van der Waals surface area contributed by atoms with Crippen molar-refractivity contribution < 1.29 is 9.21 Å². The highest BCUT2D eigenvalue weighted by Gasteiger charge is 2.14. The van der Waals surface area contributed by atoms with Gasteiger partial charge in [0, 0.05) is 11.3 Å². The molecule has 0 saturated carbocycles. The SMILES string of the molecule is N#Cc1cccc(NC(=O)c2ccc(-c3ccccc3Cl)o2)c1. The molecule has 0 atom stereocenters. The molecule has 0 saturated heterocycles. The van der Waals surface area contributed by atoms with E-state index in [0.717, 1.165) is 5.56 Å². The lowest BCUT2D eigenvalue weighted by Crippen LogP contribution is -2.10. The van der Waals surface area contributed by atoms with Crippen LogP contribution in [0.15, 0.2) is 65.1 Å². The molecule has 1 N–H and O–H groups in total. The number of halogens is 1. The van der Waals surface area contributed by atoms with Gasteiger partial charge in [0.1, 0.15) is 5.76 Å². The number of amides is 1. The van der Waals surface area contributed by atoms with Crippen molar-refractivity contribution in [1.29, 1.82) is 5.26 Å². The third-order valence-corrected chi connectivity index (χ3v) is 3.55. The molecular weight excluding hydrogens is 312 g/mol. The lowest BCUT2D eigenvalue weighted by atomic mass is 10.2. The Kier molecular flexibility index (Phi) is 4.13. The third kappa shape index (κ3) is 3.25. The van der Waals surface area contributed by atoms with Crippen LogP contribution in [-0.4, -0.2) is 5.91 Å². The molecule has 3 rings (SSSR count). The summed E-state index contributed by atoms with van der Waals surface area (Å²) in [6, 6.07) is 19.2. The van der Waals surface area contributed by atoms with Crippen molar-refractivity contribution in [3.8, 4) is 17.4 Å². The van der Waals surface area contributed by atoms with Crippen LogP contribution >= 0.6 is 11.6 Å². The number of rotatable bonds is 3. The molecule has 112 valence electrons. The molecule has 0 radical (unpaired) electrons. The highest BCUT2D eigenvalue weighted by molar-refractivity contribution is 6.33. The molecular formula is C18H11ClN2O2. The van der Waals surface area contributed by atoms with E-state index in [4.69, 9.17) is 21.3 Å². The van der Waals surface area contributed by atoms with Gasteiger partial charge in [0.05, 0.1) is 16.7 Å². The fourth-order valence-electron chi connectivity index (χ4n) is 2.12. The zero-order valence-electron chi connectivity index (χ0n) is 11.9. The third-order valence-electron chi connectivity index (χ3n) is 3.22. The quantitative estimate of drug-likeness (QED) is 0.758. The summed E-state index contributed by atoms with van der Waals surface area (Å²) in [7, 11) is 0. The first-order valence-corrected chi connectivity index (χ1v) is 7.21. The van der Waals surface area contributed by atoms with Gasteiger partial charge in [-0.3, -0.25) is 4.79 Å². The van der Waals surface area contributed by atoms with E-state index in [0.29, 0.717) is 22.0 Å². The first kappa shape index (κ1) is 14.9. The molecule has 3 aromatic rings. The molecule has 0 fully saturated rings. The molecule has 0 aliphatic heterocycles. The second kappa shape index (κ2) is 6.39. The molecule has 0 spiro atoms. The zero-order valence-corrected chi connectivity index (χ0v) is 12.7. The maximum atomic E-state index is 12.2. The molecule has 1 heterocycles. The summed E-state index contributed by atoms with van der Waals surface area (Å²) >= 11 is 6.12. The largest absolute Gasteiger partial charge is 0.451 e. The topological polar surface area (TPSA) is 66.0 Å². The number of hydrogen-bond acceptors (Lipinski definition) is 3. The van der Waals surface area contributed by atoms with Crippen molar-refractivity contribution in [1.82, 2.24) is 0 Å². The van der Waals surface area contributed by atoms with Crippen LogP contribution in [0, 0.1) is 11.3 Å². The Morgan fingerprint density at radius 3 is 2.70 bits per heavy atom. The Morgan fingerprint density at radius 2 is 1.91 bits per heavy atom. The molecule has 0 bridgehead atoms. The van der Waals surface area contributed by atoms with Crippen LogP contribution in [0.25, 0.3) is 11.3 Å². The highest BCUT2D eigenvalue weighted by atomic mass is 35.5. The van der Waals surface area contributed by atoms with Gasteiger partial charge in [0.2, 0.25) is 0 Å². The maximum absolute atomic E-state index is 12.2. The second-order valence-corrected chi connectivity index (χ2v) is 5.20. The molecule has 1 amide bonds. The van der Waals surface area contributed by atoms with E-state index < -0.39 is 5.91 Å². The van der Waals surface area contributed by atoms with Crippen molar-refractivity contribution in [3.63, 3.8) is 0 Å². The standard InChI is InChI=1S/C18H11ClN2O2/c19-15-7-2-1-6-14(15)16-8-9-17(23-16)18(22)21-13-5-3-4-12(10-13)11-20/h1-10H,(H,21,22). The molecule has 4 nitrogen and oxygen atoms in total. The molecule has 0 unspecified atom stereocenters. The Balaban J connectivity index is 1.81. The summed E-state index contributed by atoms with van der Waals surface area (Å²) in [5.74, 6) is 0.298. The smallest absolute Gasteiger partial charge is 0.291 e. The Labute approximate surface area is 137 Å². The predicted molar refractivity (Wildman–Crippen MR) is 88.3 cm³/mol. The molecule has 0 aliphatic rings. The molecule has 1 aromatic heterocycles. The minimum atomic E-state index is -0.390. The highest BCUT2D eigenvalue weighted by Crippen LogP contribution is 2.29. The van der Waals surface area contributed by atoms with Gasteiger partial charge in [0.25, 0.3) is 5.91 Å². The van der Waals surface area contributed by atoms with Gasteiger partial charge in [0.15, 0.2) is 5.76 Å². The van der Waals surface area contributed by atoms with E-state index in [1.165, 1.54) is 0 Å². The number of benzene rings is 2. The van der Waals surface area contributed by atoms with Crippen LogP contribution in [0.2, 0.25) is 5.02 Å². The molecule has 2 aromatic carbocycles. The van der Waals surface area contributed by atoms with E-state index in [-0.39, 0.29) is 5.76 Å². The van der Waals surface area contributed by atoms with Gasteiger partial charge in [-0.25, -0.2) is 0 Å². The number of carbonyl (C=O) groups excluding carboxylic acids is 1. The fraction of sp³-hybridized carbons (Fsp3) is 0. The number of anilines is 1. The molecule has 5 heteroatoms. The van der Waals surface area contributed by atoms with Gasteiger partial charge in [-0.1, -0.05) is 29.8 Å². The van der Waals surface area contributed by atoms with E-state index in [9.17, 15) is 4.79 Å². The number of furan rings is 1. The average molecular weight is 323 g/mol. The van der Waals surface area contributed by atoms with Crippen molar-refractivity contribution in [3.05, 3.63) is 77.0 Å². The summed E-state index contributed by atoms with van der Waals surface area (Å²) in [5.41, 5.74) is 1.73. The van der Waals surface area contributed by atoms with Crippen molar-refractivity contribution in [2.45, 2.75) is 0 Å². The van der Waals surface area contributed by atoms with E-state index in [2.05, 4.69) is 5.32 Å². The summed E-state index contributed by atoms with van der Waals surface area (Å²) in [5, 5.41) is 12.1. The summed E-state index contributed by atoms with van der Waals surface area (Å²) in [6.07, 6.45) is 0. The first-order chi connectivity index (χ1) is 11.2. The van der Waals surface area contributed by atoms with Crippen LogP contribution < -0.4 is 5.32 Å². The van der Waals surface area contributed by atoms with Gasteiger partial charge in [-0.15, -0.1) is 0 Å². The zero-order chi connectivity index (χ0) is 16.2. The predicted octanol–water partition coefficient (Wildman–Crippen LogP) is 4.72. The van der Waals surface area contributed by atoms with Crippen molar-refractivity contribution in [2.75, 3.05) is 5.32 Å². The first-order valence-electron chi connectivity index (χ1n) is 6.83. The lowest BCUT2D eigenvalue weighted by molar-refractivity contribution is 0.0997. The average Bonchev–Trinajstić information content (AvgIpc) is 3.05. The number of nitriles is 1. The van der Waals surface area contributed by atoms with Crippen LogP contribution in [0.1, 0.15) is 16.1 Å². The Bertz CT molecular complexity index is 909.